The van der Waals surface area contributed by atoms with E-state index in [0.717, 1.165) is 37.3 Å². The van der Waals surface area contributed by atoms with Gasteiger partial charge in [-0.1, -0.05) is 6.07 Å². The number of piperazine rings is 1. The molecule has 2 rings (SSSR count). The quantitative estimate of drug-likeness (QED) is 0.792. The van der Waals surface area contributed by atoms with Crippen molar-refractivity contribution in [3.63, 3.8) is 0 Å². The average Bonchev–Trinajstić information content (AvgIpc) is 2.35. The van der Waals surface area contributed by atoms with Crippen LogP contribution >= 0.6 is 15.9 Å². The molecule has 0 aromatic carbocycles. The van der Waals surface area contributed by atoms with Crippen LogP contribution in [0.2, 0.25) is 0 Å². The van der Waals surface area contributed by atoms with Crippen LogP contribution in [-0.2, 0) is 6.54 Å². The fourth-order valence-electron chi connectivity index (χ4n) is 2.05. The highest BCUT2D eigenvalue weighted by atomic mass is 79.9. The van der Waals surface area contributed by atoms with E-state index in [0.29, 0.717) is 6.54 Å². The van der Waals surface area contributed by atoms with Gasteiger partial charge in [0.2, 0.25) is 0 Å². The van der Waals surface area contributed by atoms with Gasteiger partial charge in [0.1, 0.15) is 11.3 Å². The molecule has 3 nitrogen and oxygen atoms in total. The number of aromatic nitrogens is 1. The molecular formula is C12H17BrFN3. The summed E-state index contributed by atoms with van der Waals surface area (Å²) >= 11 is 3.33. The Labute approximate surface area is 110 Å². The topological polar surface area (TPSA) is 19.4 Å². The first-order chi connectivity index (χ1) is 8.28. The van der Waals surface area contributed by atoms with Crippen LogP contribution in [0, 0.1) is 0 Å². The lowest BCUT2D eigenvalue weighted by Crippen LogP contribution is -2.46. The molecule has 0 bridgehead atoms. The minimum Gasteiger partial charge on any atom is -0.298 e. The molecule has 1 aromatic rings. The van der Waals surface area contributed by atoms with E-state index in [4.69, 9.17) is 0 Å². The number of nitrogens with zero attached hydrogens (tertiary/aromatic N) is 3. The van der Waals surface area contributed by atoms with Gasteiger partial charge in [0.15, 0.2) is 0 Å². The zero-order valence-electron chi connectivity index (χ0n) is 9.78. The number of pyridine rings is 1. The SMILES string of the molecule is FCCN1CCN(Cc2ccc(Br)nc2)CC1. The normalized spacial score (nSPS) is 18.5. The summed E-state index contributed by atoms with van der Waals surface area (Å²) in [4.78, 5) is 8.78. The third kappa shape index (κ3) is 4.01. The molecule has 0 unspecified atom stereocenters. The molecule has 0 saturated carbocycles. The van der Waals surface area contributed by atoms with Crippen molar-refractivity contribution < 1.29 is 4.39 Å². The molecule has 0 aliphatic carbocycles. The lowest BCUT2D eigenvalue weighted by Gasteiger charge is -2.34. The summed E-state index contributed by atoms with van der Waals surface area (Å²) in [7, 11) is 0. The summed E-state index contributed by atoms with van der Waals surface area (Å²) in [6.07, 6.45) is 1.90. The predicted molar refractivity (Wildman–Crippen MR) is 69.6 cm³/mol. The van der Waals surface area contributed by atoms with Gasteiger partial charge >= 0.3 is 0 Å². The Kier molecular flexibility index (Phi) is 4.88. The smallest absolute Gasteiger partial charge is 0.106 e. The molecule has 0 radical (unpaired) electrons. The average molecular weight is 302 g/mol. The Morgan fingerprint density at radius 2 is 1.88 bits per heavy atom. The maximum absolute atomic E-state index is 12.2. The van der Waals surface area contributed by atoms with Gasteiger partial charge in [-0.2, -0.15) is 0 Å². The van der Waals surface area contributed by atoms with E-state index >= 15 is 0 Å². The third-order valence-electron chi connectivity index (χ3n) is 3.06. The first kappa shape index (κ1) is 12.9. The van der Waals surface area contributed by atoms with E-state index < -0.39 is 0 Å². The van der Waals surface area contributed by atoms with Gasteiger partial charge in [0.25, 0.3) is 0 Å². The summed E-state index contributed by atoms with van der Waals surface area (Å²) in [6, 6.07) is 4.06. The van der Waals surface area contributed by atoms with Crippen molar-refractivity contribution in [1.82, 2.24) is 14.8 Å². The van der Waals surface area contributed by atoms with Gasteiger partial charge in [0, 0.05) is 45.5 Å². The largest absolute Gasteiger partial charge is 0.298 e. The van der Waals surface area contributed by atoms with Crippen molar-refractivity contribution in [2.45, 2.75) is 6.54 Å². The second-order valence-corrected chi connectivity index (χ2v) is 5.11. The fraction of sp³-hybridized carbons (Fsp3) is 0.583. The minimum atomic E-state index is -0.239. The lowest BCUT2D eigenvalue weighted by atomic mass is 10.2. The molecule has 0 spiro atoms. The van der Waals surface area contributed by atoms with Crippen LogP contribution < -0.4 is 0 Å². The number of hydrogen-bond acceptors (Lipinski definition) is 3. The van der Waals surface area contributed by atoms with Gasteiger partial charge in [-0.25, -0.2) is 9.37 Å². The molecule has 1 fully saturated rings. The first-order valence-corrected chi connectivity index (χ1v) is 6.68. The molecule has 1 aromatic heterocycles. The number of hydrogen-bond donors (Lipinski definition) is 0. The second-order valence-electron chi connectivity index (χ2n) is 4.30. The number of alkyl halides is 1. The van der Waals surface area contributed by atoms with E-state index in [1.807, 2.05) is 12.3 Å². The van der Waals surface area contributed by atoms with Crippen LogP contribution in [-0.4, -0.2) is 54.2 Å². The van der Waals surface area contributed by atoms with E-state index in [9.17, 15) is 4.39 Å². The Bertz CT molecular complexity index is 336. The highest BCUT2D eigenvalue weighted by Gasteiger charge is 2.16. The lowest BCUT2D eigenvalue weighted by molar-refractivity contribution is 0.121. The van der Waals surface area contributed by atoms with Gasteiger partial charge in [0.05, 0.1) is 0 Å². The van der Waals surface area contributed by atoms with Gasteiger partial charge in [-0.15, -0.1) is 0 Å². The van der Waals surface area contributed by atoms with Crippen LogP contribution in [0.25, 0.3) is 0 Å². The molecule has 94 valence electrons. The van der Waals surface area contributed by atoms with Crippen LogP contribution in [0.3, 0.4) is 0 Å². The maximum atomic E-state index is 12.2. The predicted octanol–water partition coefficient (Wildman–Crippen LogP) is 1.93. The van der Waals surface area contributed by atoms with Crippen LogP contribution in [0.5, 0.6) is 0 Å². The van der Waals surface area contributed by atoms with Gasteiger partial charge < -0.3 is 0 Å². The standard InChI is InChI=1S/C12H17BrFN3/c13-12-2-1-11(9-15-12)10-17-7-5-16(4-3-14)6-8-17/h1-2,9H,3-8,10H2. The number of halogens is 2. The summed E-state index contributed by atoms with van der Waals surface area (Å²) in [5.41, 5.74) is 1.23. The summed E-state index contributed by atoms with van der Waals surface area (Å²) in [5, 5.41) is 0. The van der Waals surface area contributed by atoms with E-state index in [-0.39, 0.29) is 6.67 Å². The van der Waals surface area contributed by atoms with Crippen molar-refractivity contribution in [3.8, 4) is 0 Å². The molecule has 2 heterocycles. The number of rotatable bonds is 4. The highest BCUT2D eigenvalue weighted by Crippen LogP contribution is 2.10. The van der Waals surface area contributed by atoms with Crippen LogP contribution in [0.1, 0.15) is 5.56 Å². The fourth-order valence-corrected chi connectivity index (χ4v) is 2.28. The summed E-state index contributed by atoms with van der Waals surface area (Å²) in [6.45, 7) is 5.22. The molecule has 1 saturated heterocycles. The Morgan fingerprint density at radius 3 is 2.47 bits per heavy atom. The highest BCUT2D eigenvalue weighted by molar-refractivity contribution is 9.10. The molecule has 1 aliphatic heterocycles. The molecule has 0 amide bonds. The monoisotopic (exact) mass is 301 g/mol. The molecular weight excluding hydrogens is 285 g/mol. The Balaban J connectivity index is 1.79. The Morgan fingerprint density at radius 1 is 1.18 bits per heavy atom. The zero-order chi connectivity index (χ0) is 12.1. The minimum absolute atomic E-state index is 0.239. The summed E-state index contributed by atoms with van der Waals surface area (Å²) < 4.78 is 13.1. The molecule has 0 N–H and O–H groups in total. The van der Waals surface area contributed by atoms with Crippen molar-refractivity contribution in [1.29, 1.82) is 0 Å². The molecule has 17 heavy (non-hydrogen) atoms. The van der Waals surface area contributed by atoms with E-state index in [1.165, 1.54) is 5.56 Å². The van der Waals surface area contributed by atoms with Gasteiger partial charge in [-0.3, -0.25) is 9.80 Å². The maximum Gasteiger partial charge on any atom is 0.106 e. The van der Waals surface area contributed by atoms with E-state index in [2.05, 4.69) is 36.8 Å². The second kappa shape index (κ2) is 6.42. The van der Waals surface area contributed by atoms with Crippen LogP contribution in [0.15, 0.2) is 22.9 Å². The van der Waals surface area contributed by atoms with Crippen molar-refractivity contribution in [2.24, 2.45) is 0 Å². The van der Waals surface area contributed by atoms with Crippen LogP contribution in [0.4, 0.5) is 4.39 Å². The summed E-state index contributed by atoms with van der Waals surface area (Å²) in [5.74, 6) is 0. The molecule has 5 heteroatoms. The first-order valence-electron chi connectivity index (χ1n) is 5.89. The van der Waals surface area contributed by atoms with Crippen molar-refractivity contribution in [2.75, 3.05) is 39.4 Å². The molecule has 1 aliphatic rings. The third-order valence-corrected chi connectivity index (χ3v) is 3.53. The Hall–Kier alpha value is -0.520. The van der Waals surface area contributed by atoms with Gasteiger partial charge in [-0.05, 0) is 27.6 Å². The van der Waals surface area contributed by atoms with Crippen molar-refractivity contribution >= 4 is 15.9 Å². The van der Waals surface area contributed by atoms with E-state index in [1.54, 1.807) is 0 Å². The van der Waals surface area contributed by atoms with Crippen molar-refractivity contribution in [3.05, 3.63) is 28.5 Å². The zero-order valence-corrected chi connectivity index (χ0v) is 11.4. The molecule has 0 atom stereocenters.